The van der Waals surface area contributed by atoms with E-state index >= 15 is 0 Å². The highest BCUT2D eigenvalue weighted by Crippen LogP contribution is 2.17. The van der Waals surface area contributed by atoms with Gasteiger partial charge in [0.05, 0.1) is 10.6 Å². The molecule has 0 saturated heterocycles. The predicted molar refractivity (Wildman–Crippen MR) is 121 cm³/mol. The molecule has 2 N–H and O–H groups in total. The van der Waals surface area contributed by atoms with Gasteiger partial charge in [-0.25, -0.2) is 12.8 Å². The molecule has 1 amide bonds. The van der Waals surface area contributed by atoms with Crippen LogP contribution in [-0.4, -0.2) is 52.5 Å². The molecule has 0 radical (unpaired) electrons. The number of nitrogens with zero attached hydrogens (tertiary/aromatic N) is 1. The summed E-state index contributed by atoms with van der Waals surface area (Å²) in [5.41, 5.74) is 0.497. The predicted octanol–water partition coefficient (Wildman–Crippen LogP) is 2.87. The van der Waals surface area contributed by atoms with E-state index in [1.807, 2.05) is 6.26 Å². The van der Waals surface area contributed by atoms with Gasteiger partial charge in [-0.05, 0) is 49.1 Å². The third-order valence-electron chi connectivity index (χ3n) is 4.51. The maximum absolute atomic E-state index is 13.8. The molecule has 0 fully saturated rings. The Labute approximate surface area is 182 Å². The van der Waals surface area contributed by atoms with Gasteiger partial charge in [0.25, 0.3) is 0 Å². The third kappa shape index (κ3) is 7.30. The average Bonchev–Trinajstić information content (AvgIpc) is 2.74. The minimum absolute atomic E-state index is 0.124. The number of carbonyl (C=O) groups is 1. The van der Waals surface area contributed by atoms with E-state index in [0.29, 0.717) is 37.4 Å². The van der Waals surface area contributed by atoms with Gasteiger partial charge < -0.3 is 10.2 Å². The number of para-hydroxylation sites is 1. The molecule has 2 aromatic carbocycles. The molecule has 0 heterocycles. The summed E-state index contributed by atoms with van der Waals surface area (Å²) >= 11 is 1.54. The van der Waals surface area contributed by atoms with Crippen LogP contribution in [0.2, 0.25) is 0 Å². The van der Waals surface area contributed by atoms with Crippen LogP contribution in [0.3, 0.4) is 0 Å². The Balaban J connectivity index is 1.89. The average molecular weight is 454 g/mol. The Morgan fingerprint density at radius 3 is 2.47 bits per heavy atom. The van der Waals surface area contributed by atoms with Crippen molar-refractivity contribution in [1.29, 1.82) is 0 Å². The van der Waals surface area contributed by atoms with Crippen molar-refractivity contribution in [2.45, 2.75) is 23.8 Å². The lowest BCUT2D eigenvalue weighted by Crippen LogP contribution is -2.47. The fourth-order valence-electron chi connectivity index (χ4n) is 2.87. The first-order valence-electron chi connectivity index (χ1n) is 9.65. The standard InChI is InChI=1S/C21H28FN3O3S2/c1-25(20-12-7-6-11-18(20)22)15-8-14-23-21(26)19(13-16-29-2)24-30(27,28)17-9-4-3-5-10-17/h3-7,9-12,19,24H,8,13-16H2,1-2H3,(H,23,26). The van der Waals surface area contributed by atoms with E-state index in [1.54, 1.807) is 60.1 Å². The van der Waals surface area contributed by atoms with Crippen LogP contribution in [0.1, 0.15) is 12.8 Å². The molecule has 0 aliphatic heterocycles. The van der Waals surface area contributed by atoms with Crippen LogP contribution in [0.5, 0.6) is 0 Å². The second-order valence-corrected chi connectivity index (χ2v) is 9.49. The Hall–Kier alpha value is -2.10. The van der Waals surface area contributed by atoms with Gasteiger partial charge in [-0.3, -0.25) is 4.79 Å². The molecule has 0 spiro atoms. The van der Waals surface area contributed by atoms with Crippen molar-refractivity contribution in [3.8, 4) is 0 Å². The van der Waals surface area contributed by atoms with Gasteiger partial charge in [0.1, 0.15) is 11.9 Å². The van der Waals surface area contributed by atoms with Crippen molar-refractivity contribution >= 4 is 33.4 Å². The summed E-state index contributed by atoms with van der Waals surface area (Å²) in [5.74, 6) is -0.0145. The zero-order valence-electron chi connectivity index (χ0n) is 17.2. The number of hydrogen-bond acceptors (Lipinski definition) is 5. The Bertz CT molecular complexity index is 911. The number of anilines is 1. The minimum atomic E-state index is -3.79. The van der Waals surface area contributed by atoms with Gasteiger partial charge in [0.15, 0.2) is 0 Å². The summed E-state index contributed by atoms with van der Waals surface area (Å²) in [6.45, 7) is 0.910. The Kier molecular flexibility index (Phi) is 9.61. The highest BCUT2D eigenvalue weighted by molar-refractivity contribution is 7.98. The number of benzene rings is 2. The number of halogens is 1. The lowest BCUT2D eigenvalue weighted by Gasteiger charge is -2.21. The fraction of sp³-hybridized carbons (Fsp3) is 0.381. The first kappa shape index (κ1) is 24.2. The van der Waals surface area contributed by atoms with Crippen LogP contribution >= 0.6 is 11.8 Å². The van der Waals surface area contributed by atoms with Crippen LogP contribution in [-0.2, 0) is 14.8 Å². The summed E-state index contributed by atoms with van der Waals surface area (Å²) < 4.78 is 41.5. The topological polar surface area (TPSA) is 78.5 Å². The van der Waals surface area contributed by atoms with E-state index in [2.05, 4.69) is 10.0 Å². The first-order chi connectivity index (χ1) is 14.3. The monoisotopic (exact) mass is 453 g/mol. The van der Waals surface area contributed by atoms with Crippen LogP contribution in [0.25, 0.3) is 0 Å². The number of thioether (sulfide) groups is 1. The summed E-state index contributed by atoms with van der Waals surface area (Å²) in [7, 11) is -2.00. The van der Waals surface area contributed by atoms with Crippen LogP contribution in [0.4, 0.5) is 10.1 Å². The van der Waals surface area contributed by atoms with E-state index in [0.717, 1.165) is 0 Å². The van der Waals surface area contributed by atoms with E-state index in [1.165, 1.54) is 18.2 Å². The molecule has 2 aromatic rings. The van der Waals surface area contributed by atoms with Crippen molar-refractivity contribution in [1.82, 2.24) is 10.0 Å². The largest absolute Gasteiger partial charge is 0.372 e. The normalized spacial score (nSPS) is 12.4. The summed E-state index contributed by atoms with van der Waals surface area (Å²) in [6, 6.07) is 13.6. The molecule has 0 aliphatic carbocycles. The van der Waals surface area contributed by atoms with Gasteiger partial charge >= 0.3 is 0 Å². The summed E-state index contributed by atoms with van der Waals surface area (Å²) in [4.78, 5) is 14.5. The van der Waals surface area contributed by atoms with Crippen molar-refractivity contribution in [2.75, 3.05) is 37.0 Å². The molecule has 1 unspecified atom stereocenters. The van der Waals surface area contributed by atoms with E-state index in [4.69, 9.17) is 0 Å². The number of hydrogen-bond donors (Lipinski definition) is 2. The number of rotatable bonds is 12. The lowest BCUT2D eigenvalue weighted by atomic mass is 10.2. The van der Waals surface area contributed by atoms with Crippen LogP contribution in [0, 0.1) is 5.82 Å². The van der Waals surface area contributed by atoms with Crippen molar-refractivity contribution in [3.63, 3.8) is 0 Å². The number of nitrogens with one attached hydrogen (secondary N) is 2. The van der Waals surface area contributed by atoms with Crippen molar-refractivity contribution in [3.05, 3.63) is 60.4 Å². The Morgan fingerprint density at radius 2 is 1.80 bits per heavy atom. The first-order valence-corrected chi connectivity index (χ1v) is 12.5. The molecule has 0 saturated carbocycles. The van der Waals surface area contributed by atoms with Gasteiger partial charge in [-0.2, -0.15) is 16.5 Å². The molecule has 6 nitrogen and oxygen atoms in total. The Morgan fingerprint density at radius 1 is 1.13 bits per heavy atom. The fourth-order valence-corrected chi connectivity index (χ4v) is 4.59. The maximum atomic E-state index is 13.8. The molecule has 0 aliphatic rings. The molecular formula is C21H28FN3O3S2. The number of sulfonamides is 1. The van der Waals surface area contributed by atoms with Crippen molar-refractivity contribution in [2.24, 2.45) is 0 Å². The van der Waals surface area contributed by atoms with Gasteiger partial charge in [0, 0.05) is 20.1 Å². The number of amides is 1. The number of carbonyl (C=O) groups excluding carboxylic acids is 1. The van der Waals surface area contributed by atoms with Gasteiger partial charge in [-0.15, -0.1) is 0 Å². The van der Waals surface area contributed by atoms with E-state index in [9.17, 15) is 17.6 Å². The molecule has 1 atom stereocenters. The zero-order valence-corrected chi connectivity index (χ0v) is 18.8. The third-order valence-corrected chi connectivity index (χ3v) is 6.64. The second-order valence-electron chi connectivity index (χ2n) is 6.79. The van der Waals surface area contributed by atoms with Gasteiger partial charge in [-0.1, -0.05) is 30.3 Å². The molecule has 0 aromatic heterocycles. The summed E-state index contributed by atoms with van der Waals surface area (Å²) in [6.07, 6.45) is 2.88. The molecule has 9 heteroatoms. The highest BCUT2D eigenvalue weighted by atomic mass is 32.2. The molecule has 30 heavy (non-hydrogen) atoms. The summed E-state index contributed by atoms with van der Waals surface area (Å²) in [5, 5.41) is 2.79. The molecule has 164 valence electrons. The van der Waals surface area contributed by atoms with Crippen molar-refractivity contribution < 1.29 is 17.6 Å². The smallest absolute Gasteiger partial charge is 0.241 e. The van der Waals surface area contributed by atoms with Crippen LogP contribution < -0.4 is 14.9 Å². The van der Waals surface area contributed by atoms with Crippen LogP contribution in [0.15, 0.2) is 59.5 Å². The van der Waals surface area contributed by atoms with E-state index < -0.39 is 16.1 Å². The highest BCUT2D eigenvalue weighted by Gasteiger charge is 2.25. The second kappa shape index (κ2) is 11.9. The van der Waals surface area contributed by atoms with Gasteiger partial charge in [0.2, 0.25) is 15.9 Å². The quantitative estimate of drug-likeness (QED) is 0.483. The SMILES string of the molecule is CSCCC(NS(=O)(=O)c1ccccc1)C(=O)NCCCN(C)c1ccccc1F. The molecule has 2 rings (SSSR count). The van der Waals surface area contributed by atoms with E-state index in [-0.39, 0.29) is 16.6 Å². The molecule has 0 bridgehead atoms. The zero-order chi connectivity index (χ0) is 22.0. The maximum Gasteiger partial charge on any atom is 0.241 e. The molecular weight excluding hydrogens is 425 g/mol. The minimum Gasteiger partial charge on any atom is -0.372 e. The lowest BCUT2D eigenvalue weighted by molar-refractivity contribution is -0.122.